The lowest BCUT2D eigenvalue weighted by Gasteiger charge is -2.13. The van der Waals surface area contributed by atoms with E-state index in [4.69, 9.17) is 9.84 Å². The fourth-order valence-electron chi connectivity index (χ4n) is 1.07. The molecule has 1 aromatic carbocycles. The number of hydrogen-bond donors (Lipinski definition) is 2. The Morgan fingerprint density at radius 3 is 2.67 bits per heavy atom. The Kier molecular flexibility index (Phi) is 4.63. The van der Waals surface area contributed by atoms with Gasteiger partial charge in [-0.15, -0.1) is 0 Å². The van der Waals surface area contributed by atoms with E-state index >= 15 is 0 Å². The summed E-state index contributed by atoms with van der Waals surface area (Å²) in [7, 11) is 0. The molecule has 15 heavy (non-hydrogen) atoms. The number of amides is 1. The minimum absolute atomic E-state index is 0.0829. The predicted molar refractivity (Wildman–Crippen MR) is 56.8 cm³/mol. The van der Waals surface area contributed by atoms with Crippen molar-refractivity contribution in [3.8, 4) is 5.75 Å². The predicted octanol–water partition coefficient (Wildman–Crippen LogP) is 1.55. The minimum atomic E-state index is -0.540. The number of carbonyl (C=O) groups excluding carboxylic acids is 1. The van der Waals surface area contributed by atoms with Gasteiger partial charge in [-0.05, 0) is 18.6 Å². The second kappa shape index (κ2) is 6.03. The SMILES string of the molecule is CC[C@@H](CO)NC(=O)Oc1ccccc1. The van der Waals surface area contributed by atoms with Crippen molar-refractivity contribution in [2.45, 2.75) is 19.4 Å². The van der Waals surface area contributed by atoms with Crippen LogP contribution in [0.15, 0.2) is 30.3 Å². The van der Waals surface area contributed by atoms with Gasteiger partial charge in [-0.25, -0.2) is 4.79 Å². The van der Waals surface area contributed by atoms with E-state index in [1.165, 1.54) is 0 Å². The molecule has 0 fully saturated rings. The van der Waals surface area contributed by atoms with Crippen LogP contribution in [0.5, 0.6) is 5.75 Å². The molecule has 82 valence electrons. The smallest absolute Gasteiger partial charge is 0.410 e. The third-order valence-corrected chi connectivity index (χ3v) is 1.99. The molecule has 0 aromatic heterocycles. The highest BCUT2D eigenvalue weighted by atomic mass is 16.6. The molecule has 1 amide bonds. The summed E-state index contributed by atoms with van der Waals surface area (Å²) >= 11 is 0. The first kappa shape index (κ1) is 11.5. The molecule has 2 N–H and O–H groups in total. The molecule has 1 rings (SSSR count). The average molecular weight is 209 g/mol. The van der Waals surface area contributed by atoms with Crippen LogP contribution in [0.4, 0.5) is 4.79 Å². The number of rotatable bonds is 4. The average Bonchev–Trinajstić information content (AvgIpc) is 2.27. The molecule has 0 saturated carbocycles. The Morgan fingerprint density at radius 1 is 1.47 bits per heavy atom. The van der Waals surface area contributed by atoms with Gasteiger partial charge in [0.1, 0.15) is 5.75 Å². The van der Waals surface area contributed by atoms with Gasteiger partial charge >= 0.3 is 6.09 Å². The van der Waals surface area contributed by atoms with E-state index in [9.17, 15) is 4.79 Å². The molecular formula is C11H15NO3. The van der Waals surface area contributed by atoms with Gasteiger partial charge in [-0.3, -0.25) is 0 Å². The first-order chi connectivity index (χ1) is 7.26. The van der Waals surface area contributed by atoms with Gasteiger partial charge in [0.15, 0.2) is 0 Å². The Labute approximate surface area is 88.9 Å². The van der Waals surface area contributed by atoms with Crippen LogP contribution >= 0.6 is 0 Å². The van der Waals surface area contributed by atoms with Crippen molar-refractivity contribution in [3.05, 3.63) is 30.3 Å². The fourth-order valence-corrected chi connectivity index (χ4v) is 1.07. The molecule has 0 heterocycles. The zero-order valence-electron chi connectivity index (χ0n) is 8.64. The molecule has 0 unspecified atom stereocenters. The second-order valence-electron chi connectivity index (χ2n) is 3.13. The van der Waals surface area contributed by atoms with Gasteiger partial charge in [0.2, 0.25) is 0 Å². The number of ether oxygens (including phenoxy) is 1. The van der Waals surface area contributed by atoms with Crippen LogP contribution in [0.25, 0.3) is 0 Å². The van der Waals surface area contributed by atoms with Crippen LogP contribution in [-0.2, 0) is 0 Å². The molecule has 0 saturated heterocycles. The highest BCUT2D eigenvalue weighted by Gasteiger charge is 2.10. The van der Waals surface area contributed by atoms with E-state index in [1.807, 2.05) is 13.0 Å². The number of benzene rings is 1. The molecule has 0 bridgehead atoms. The van der Waals surface area contributed by atoms with E-state index < -0.39 is 6.09 Å². The monoisotopic (exact) mass is 209 g/mol. The number of para-hydroxylation sites is 1. The maximum Gasteiger partial charge on any atom is 0.412 e. The zero-order valence-corrected chi connectivity index (χ0v) is 8.64. The van der Waals surface area contributed by atoms with Gasteiger partial charge < -0.3 is 15.2 Å². The molecule has 0 aliphatic carbocycles. The largest absolute Gasteiger partial charge is 0.412 e. The van der Waals surface area contributed by atoms with Crippen LogP contribution in [0.2, 0.25) is 0 Å². The molecule has 4 nitrogen and oxygen atoms in total. The summed E-state index contributed by atoms with van der Waals surface area (Å²) in [4.78, 5) is 11.3. The highest BCUT2D eigenvalue weighted by molar-refractivity contribution is 5.70. The van der Waals surface area contributed by atoms with Crippen molar-refractivity contribution < 1.29 is 14.6 Å². The molecule has 1 atom stereocenters. The Morgan fingerprint density at radius 2 is 2.13 bits per heavy atom. The molecule has 1 aromatic rings. The number of aliphatic hydroxyl groups excluding tert-OH is 1. The van der Waals surface area contributed by atoms with E-state index in [-0.39, 0.29) is 12.6 Å². The van der Waals surface area contributed by atoms with Gasteiger partial charge in [0, 0.05) is 0 Å². The van der Waals surface area contributed by atoms with Crippen LogP contribution in [0.3, 0.4) is 0 Å². The van der Waals surface area contributed by atoms with E-state index in [1.54, 1.807) is 24.3 Å². The standard InChI is InChI=1S/C11H15NO3/c1-2-9(8-13)12-11(14)15-10-6-4-3-5-7-10/h3-7,9,13H,2,8H2,1H3,(H,12,14)/t9-/m0/s1. The van der Waals surface area contributed by atoms with Crippen LogP contribution in [-0.4, -0.2) is 23.8 Å². The summed E-state index contributed by atoms with van der Waals surface area (Å²) in [5.74, 6) is 0.489. The third kappa shape index (κ3) is 3.99. The Bertz CT molecular complexity index is 296. The van der Waals surface area contributed by atoms with Crippen molar-refractivity contribution in [2.24, 2.45) is 0 Å². The zero-order chi connectivity index (χ0) is 11.1. The number of hydrogen-bond acceptors (Lipinski definition) is 3. The van der Waals surface area contributed by atoms with Crippen LogP contribution in [0, 0.1) is 0 Å². The van der Waals surface area contributed by atoms with Gasteiger partial charge in [0.05, 0.1) is 12.6 Å². The third-order valence-electron chi connectivity index (χ3n) is 1.99. The normalized spacial score (nSPS) is 11.9. The van der Waals surface area contributed by atoms with Crippen molar-refractivity contribution >= 4 is 6.09 Å². The number of aliphatic hydroxyl groups is 1. The summed E-state index contributed by atoms with van der Waals surface area (Å²) in [6.07, 6.45) is 0.127. The van der Waals surface area contributed by atoms with Crippen molar-refractivity contribution in [3.63, 3.8) is 0 Å². The lowest BCUT2D eigenvalue weighted by molar-refractivity contribution is 0.182. The minimum Gasteiger partial charge on any atom is -0.410 e. The van der Waals surface area contributed by atoms with Gasteiger partial charge in [-0.1, -0.05) is 25.1 Å². The van der Waals surface area contributed by atoms with Crippen LogP contribution in [0.1, 0.15) is 13.3 Å². The lowest BCUT2D eigenvalue weighted by atomic mass is 10.2. The maximum absolute atomic E-state index is 11.3. The van der Waals surface area contributed by atoms with Gasteiger partial charge in [-0.2, -0.15) is 0 Å². The summed E-state index contributed by atoms with van der Waals surface area (Å²) < 4.78 is 4.99. The molecular weight excluding hydrogens is 194 g/mol. The molecule has 0 aliphatic heterocycles. The lowest BCUT2D eigenvalue weighted by Crippen LogP contribution is -2.38. The summed E-state index contributed by atoms with van der Waals surface area (Å²) in [5, 5.41) is 11.4. The van der Waals surface area contributed by atoms with Crippen molar-refractivity contribution in [1.29, 1.82) is 0 Å². The fraction of sp³-hybridized carbons (Fsp3) is 0.364. The van der Waals surface area contributed by atoms with E-state index in [2.05, 4.69) is 5.32 Å². The molecule has 0 aliphatic rings. The maximum atomic E-state index is 11.3. The summed E-state index contributed by atoms with van der Waals surface area (Å²) in [6.45, 7) is 1.80. The van der Waals surface area contributed by atoms with E-state index in [0.29, 0.717) is 12.2 Å². The van der Waals surface area contributed by atoms with E-state index in [0.717, 1.165) is 0 Å². The molecule has 0 radical (unpaired) electrons. The quantitative estimate of drug-likeness (QED) is 0.790. The van der Waals surface area contributed by atoms with Crippen molar-refractivity contribution in [1.82, 2.24) is 5.32 Å². The molecule has 4 heteroatoms. The Hall–Kier alpha value is -1.55. The highest BCUT2D eigenvalue weighted by Crippen LogP contribution is 2.08. The topological polar surface area (TPSA) is 58.6 Å². The first-order valence-corrected chi connectivity index (χ1v) is 4.90. The molecule has 0 spiro atoms. The Balaban J connectivity index is 2.43. The second-order valence-corrected chi connectivity index (χ2v) is 3.13. The van der Waals surface area contributed by atoms with Gasteiger partial charge in [0.25, 0.3) is 0 Å². The summed E-state index contributed by atoms with van der Waals surface area (Å²) in [6, 6.07) is 8.55. The van der Waals surface area contributed by atoms with Crippen molar-refractivity contribution in [2.75, 3.05) is 6.61 Å². The van der Waals surface area contributed by atoms with Crippen LogP contribution < -0.4 is 10.1 Å². The first-order valence-electron chi connectivity index (χ1n) is 4.90. The number of nitrogens with one attached hydrogen (secondary N) is 1. The summed E-state index contributed by atoms with van der Waals surface area (Å²) in [5.41, 5.74) is 0. The number of carbonyl (C=O) groups is 1.